The Labute approximate surface area is 130 Å². The lowest BCUT2D eigenvalue weighted by molar-refractivity contribution is 0.209. The monoisotopic (exact) mass is 300 g/mol. The quantitative estimate of drug-likeness (QED) is 0.942. The topological polar surface area (TPSA) is 41.1 Å². The zero-order valence-electron chi connectivity index (χ0n) is 12.8. The first-order valence-corrected chi connectivity index (χ1v) is 7.72. The molecule has 1 aliphatic heterocycles. The van der Waals surface area contributed by atoms with E-state index in [0.717, 1.165) is 43.1 Å². The molecular formula is C17H21FN4. The second-order valence-corrected chi connectivity index (χ2v) is 5.78. The van der Waals surface area contributed by atoms with Crippen molar-refractivity contribution < 1.29 is 4.39 Å². The third-order valence-corrected chi connectivity index (χ3v) is 4.07. The third-order valence-electron chi connectivity index (χ3n) is 4.07. The Bertz CT molecular complexity index is 624. The Kier molecular flexibility index (Phi) is 4.63. The highest BCUT2D eigenvalue weighted by molar-refractivity contribution is 5.34. The van der Waals surface area contributed by atoms with Crippen molar-refractivity contribution in [1.29, 1.82) is 0 Å². The smallest absolute Gasteiger partial charge is 0.129 e. The highest BCUT2D eigenvalue weighted by atomic mass is 19.1. The largest absolute Gasteiger partial charge is 0.367 e. The van der Waals surface area contributed by atoms with E-state index in [2.05, 4.69) is 20.2 Å². The number of halogens is 1. The van der Waals surface area contributed by atoms with Crippen LogP contribution in [0, 0.1) is 12.7 Å². The van der Waals surface area contributed by atoms with Crippen molar-refractivity contribution >= 4 is 5.82 Å². The fourth-order valence-corrected chi connectivity index (χ4v) is 2.85. The van der Waals surface area contributed by atoms with Gasteiger partial charge in [-0.15, -0.1) is 0 Å². The van der Waals surface area contributed by atoms with Gasteiger partial charge in [-0.05, 0) is 31.9 Å². The zero-order chi connectivity index (χ0) is 15.4. The Morgan fingerprint density at radius 1 is 1.23 bits per heavy atom. The maximum atomic E-state index is 13.7. The predicted octanol–water partition coefficient (Wildman–Crippen LogP) is 3.00. The van der Waals surface area contributed by atoms with E-state index in [-0.39, 0.29) is 5.82 Å². The Balaban J connectivity index is 1.51. The van der Waals surface area contributed by atoms with Crippen molar-refractivity contribution in [2.45, 2.75) is 32.4 Å². The highest BCUT2D eigenvalue weighted by Gasteiger charge is 2.20. The van der Waals surface area contributed by atoms with Crippen LogP contribution in [-0.4, -0.2) is 34.0 Å². The molecule has 4 nitrogen and oxygen atoms in total. The summed E-state index contributed by atoms with van der Waals surface area (Å²) in [7, 11) is 0. The first-order chi connectivity index (χ1) is 10.7. The second-order valence-electron chi connectivity index (χ2n) is 5.78. The van der Waals surface area contributed by atoms with Crippen molar-refractivity contribution in [3.05, 3.63) is 53.7 Å². The van der Waals surface area contributed by atoms with Crippen molar-refractivity contribution in [3.63, 3.8) is 0 Å². The number of hydrogen-bond donors (Lipinski definition) is 1. The molecule has 1 saturated heterocycles. The number of piperidine rings is 1. The lowest BCUT2D eigenvalue weighted by Crippen LogP contribution is -2.39. The maximum absolute atomic E-state index is 13.7. The molecule has 1 N–H and O–H groups in total. The molecule has 1 fully saturated rings. The van der Waals surface area contributed by atoms with E-state index >= 15 is 0 Å². The highest BCUT2D eigenvalue weighted by Crippen LogP contribution is 2.18. The van der Waals surface area contributed by atoms with Gasteiger partial charge in [-0.2, -0.15) is 0 Å². The van der Waals surface area contributed by atoms with Crippen LogP contribution in [-0.2, 0) is 6.54 Å². The standard InChI is InChI=1S/C17H21FN4/c1-13-19-9-6-17(20-13)21-15-7-10-22(11-8-15)12-14-4-2-3-5-16(14)18/h2-6,9,15H,7-8,10-12H2,1H3,(H,19,20,21). The summed E-state index contributed by atoms with van der Waals surface area (Å²) in [6.45, 7) is 4.51. The van der Waals surface area contributed by atoms with Gasteiger partial charge in [-0.3, -0.25) is 4.90 Å². The molecule has 3 rings (SSSR count). The fraction of sp³-hybridized carbons (Fsp3) is 0.412. The average molecular weight is 300 g/mol. The van der Waals surface area contributed by atoms with Crippen molar-refractivity contribution in [2.75, 3.05) is 18.4 Å². The van der Waals surface area contributed by atoms with Crippen LogP contribution >= 0.6 is 0 Å². The molecule has 1 aromatic carbocycles. The molecule has 2 aromatic rings. The van der Waals surface area contributed by atoms with Gasteiger partial charge in [0.15, 0.2) is 0 Å². The lowest BCUT2D eigenvalue weighted by atomic mass is 10.0. The third kappa shape index (κ3) is 3.80. The first-order valence-electron chi connectivity index (χ1n) is 7.72. The molecule has 0 spiro atoms. The molecule has 0 bridgehead atoms. The van der Waals surface area contributed by atoms with Gasteiger partial charge in [0, 0.05) is 37.4 Å². The molecule has 1 aromatic heterocycles. The van der Waals surface area contributed by atoms with Gasteiger partial charge in [-0.25, -0.2) is 14.4 Å². The number of aryl methyl sites for hydroxylation is 1. The van der Waals surface area contributed by atoms with Crippen LogP contribution in [0.15, 0.2) is 36.5 Å². The zero-order valence-corrected chi connectivity index (χ0v) is 12.8. The summed E-state index contributed by atoms with van der Waals surface area (Å²) in [5, 5.41) is 3.47. The summed E-state index contributed by atoms with van der Waals surface area (Å²) in [4.78, 5) is 10.8. The van der Waals surface area contributed by atoms with E-state index in [1.54, 1.807) is 12.3 Å². The number of rotatable bonds is 4. The van der Waals surface area contributed by atoms with Crippen LogP contribution < -0.4 is 5.32 Å². The average Bonchev–Trinajstić information content (AvgIpc) is 2.52. The molecule has 22 heavy (non-hydrogen) atoms. The molecule has 2 heterocycles. The molecule has 1 aliphatic rings. The second kappa shape index (κ2) is 6.83. The number of anilines is 1. The minimum Gasteiger partial charge on any atom is -0.367 e. The van der Waals surface area contributed by atoms with Crippen LogP contribution in [0.25, 0.3) is 0 Å². The van der Waals surface area contributed by atoms with E-state index in [1.165, 1.54) is 6.07 Å². The first kappa shape index (κ1) is 14.9. The van der Waals surface area contributed by atoms with Gasteiger partial charge < -0.3 is 5.32 Å². The number of aromatic nitrogens is 2. The number of nitrogens with one attached hydrogen (secondary N) is 1. The predicted molar refractivity (Wildman–Crippen MR) is 85.1 cm³/mol. The molecule has 0 radical (unpaired) electrons. The molecule has 0 aliphatic carbocycles. The Morgan fingerprint density at radius 2 is 2.00 bits per heavy atom. The molecule has 0 atom stereocenters. The van der Waals surface area contributed by atoms with Crippen molar-refractivity contribution in [3.8, 4) is 0 Å². The Hall–Kier alpha value is -2.01. The van der Waals surface area contributed by atoms with Gasteiger partial charge in [-0.1, -0.05) is 18.2 Å². The van der Waals surface area contributed by atoms with E-state index < -0.39 is 0 Å². The summed E-state index contributed by atoms with van der Waals surface area (Å²) in [5.74, 6) is 1.56. The summed E-state index contributed by atoms with van der Waals surface area (Å²) in [6.07, 6.45) is 3.85. The maximum Gasteiger partial charge on any atom is 0.129 e. The van der Waals surface area contributed by atoms with Crippen LogP contribution in [0.5, 0.6) is 0 Å². The lowest BCUT2D eigenvalue weighted by Gasteiger charge is -2.32. The minimum atomic E-state index is -0.112. The number of likely N-dealkylation sites (tertiary alicyclic amines) is 1. The molecule has 0 amide bonds. The summed E-state index contributed by atoms with van der Waals surface area (Å²) < 4.78 is 13.7. The van der Waals surface area contributed by atoms with E-state index in [9.17, 15) is 4.39 Å². The van der Waals surface area contributed by atoms with Crippen LogP contribution in [0.1, 0.15) is 24.2 Å². The number of nitrogens with zero attached hydrogens (tertiary/aromatic N) is 3. The summed E-state index contributed by atoms with van der Waals surface area (Å²) >= 11 is 0. The van der Waals surface area contributed by atoms with Crippen molar-refractivity contribution in [1.82, 2.24) is 14.9 Å². The van der Waals surface area contributed by atoms with E-state index in [0.29, 0.717) is 12.6 Å². The van der Waals surface area contributed by atoms with Crippen molar-refractivity contribution in [2.24, 2.45) is 0 Å². The SMILES string of the molecule is Cc1nccc(NC2CCN(Cc3ccccc3F)CC2)n1. The summed E-state index contributed by atoms with van der Waals surface area (Å²) in [6, 6.07) is 9.34. The number of benzene rings is 1. The molecule has 0 saturated carbocycles. The molecule has 0 unspecified atom stereocenters. The van der Waals surface area contributed by atoms with Crippen LogP contribution in [0.4, 0.5) is 10.2 Å². The van der Waals surface area contributed by atoms with Crippen LogP contribution in [0.2, 0.25) is 0 Å². The Morgan fingerprint density at radius 3 is 2.73 bits per heavy atom. The van der Waals surface area contributed by atoms with Crippen LogP contribution in [0.3, 0.4) is 0 Å². The van der Waals surface area contributed by atoms with Gasteiger partial charge in [0.1, 0.15) is 17.5 Å². The fourth-order valence-electron chi connectivity index (χ4n) is 2.85. The normalized spacial score (nSPS) is 16.6. The van der Waals surface area contributed by atoms with Gasteiger partial charge in [0.25, 0.3) is 0 Å². The molecule has 116 valence electrons. The minimum absolute atomic E-state index is 0.112. The molecular weight excluding hydrogens is 279 g/mol. The van der Waals surface area contributed by atoms with E-state index in [1.807, 2.05) is 25.1 Å². The summed E-state index contributed by atoms with van der Waals surface area (Å²) in [5.41, 5.74) is 0.778. The van der Waals surface area contributed by atoms with Gasteiger partial charge in [0.05, 0.1) is 0 Å². The molecule has 5 heteroatoms. The number of hydrogen-bond acceptors (Lipinski definition) is 4. The van der Waals surface area contributed by atoms with Gasteiger partial charge in [0.2, 0.25) is 0 Å². The van der Waals surface area contributed by atoms with Gasteiger partial charge >= 0.3 is 0 Å². The van der Waals surface area contributed by atoms with E-state index in [4.69, 9.17) is 0 Å².